The van der Waals surface area contributed by atoms with E-state index in [0.717, 1.165) is 5.56 Å². The van der Waals surface area contributed by atoms with E-state index in [2.05, 4.69) is 29.6 Å². The van der Waals surface area contributed by atoms with E-state index in [4.69, 9.17) is 14.2 Å². The summed E-state index contributed by atoms with van der Waals surface area (Å²) in [6.45, 7) is 7.69. The summed E-state index contributed by atoms with van der Waals surface area (Å²) in [7, 11) is 0. The van der Waals surface area contributed by atoms with Crippen molar-refractivity contribution in [1.82, 2.24) is 5.32 Å². The van der Waals surface area contributed by atoms with Crippen LogP contribution in [0.25, 0.3) is 11.1 Å². The van der Waals surface area contributed by atoms with Gasteiger partial charge in [-0.2, -0.15) is 0 Å². The van der Waals surface area contributed by atoms with Crippen LogP contribution in [0.3, 0.4) is 0 Å². The number of rotatable bonds is 11. The lowest BCUT2D eigenvalue weighted by Crippen LogP contribution is -2.35. The van der Waals surface area contributed by atoms with Gasteiger partial charge in [-0.1, -0.05) is 62.4 Å². The van der Waals surface area contributed by atoms with E-state index in [0.29, 0.717) is 43.0 Å². The molecule has 0 radical (unpaired) electrons. The molecule has 0 aliphatic heterocycles. The molecular weight excluding hydrogens is 402 g/mol. The zero-order valence-electron chi connectivity index (χ0n) is 19.1. The normalized spacial score (nSPS) is 11.9. The van der Waals surface area contributed by atoms with Crippen molar-refractivity contribution in [2.45, 2.75) is 39.5 Å². The van der Waals surface area contributed by atoms with Crippen molar-refractivity contribution in [3.05, 3.63) is 78.4 Å². The van der Waals surface area contributed by atoms with E-state index in [-0.39, 0.29) is 6.61 Å². The molecule has 170 valence electrons. The molecule has 5 nitrogen and oxygen atoms in total. The molecule has 0 amide bonds. The summed E-state index contributed by atoms with van der Waals surface area (Å²) < 4.78 is 17.2. The number of hydrogen-bond acceptors (Lipinski definition) is 5. The number of benzene rings is 3. The highest BCUT2D eigenvalue weighted by Crippen LogP contribution is 2.33. The Bertz CT molecular complexity index is 942. The molecule has 0 saturated carbocycles. The summed E-state index contributed by atoms with van der Waals surface area (Å²) in [6, 6.07) is 24.3. The van der Waals surface area contributed by atoms with Gasteiger partial charge in [0.1, 0.15) is 25.1 Å². The Morgan fingerprint density at radius 3 is 2.16 bits per heavy atom. The second kappa shape index (κ2) is 12.1. The Labute approximate surface area is 191 Å². The van der Waals surface area contributed by atoms with Gasteiger partial charge < -0.3 is 24.6 Å². The van der Waals surface area contributed by atoms with Crippen molar-refractivity contribution in [3.63, 3.8) is 0 Å². The van der Waals surface area contributed by atoms with Crippen molar-refractivity contribution in [1.29, 1.82) is 0 Å². The van der Waals surface area contributed by atoms with E-state index < -0.39 is 6.10 Å². The lowest BCUT2D eigenvalue weighted by atomic mass is 10.2. The Balaban J connectivity index is 0.000000405. The highest BCUT2D eigenvalue weighted by Gasteiger charge is 2.11. The minimum atomic E-state index is -0.583. The molecule has 2 N–H and O–H groups in total. The van der Waals surface area contributed by atoms with Gasteiger partial charge in [-0.3, -0.25) is 0 Å². The third-order valence-corrected chi connectivity index (χ3v) is 4.77. The van der Waals surface area contributed by atoms with Crippen LogP contribution in [0.1, 0.15) is 26.3 Å². The summed E-state index contributed by atoms with van der Waals surface area (Å²) >= 11 is 0. The van der Waals surface area contributed by atoms with Gasteiger partial charge in [0.05, 0.1) is 6.61 Å². The fraction of sp³-hybridized carbons (Fsp3) is 0.333. The Hall–Kier alpha value is -3.02. The van der Waals surface area contributed by atoms with Crippen LogP contribution in [-0.2, 0) is 6.61 Å². The zero-order valence-corrected chi connectivity index (χ0v) is 19.1. The molecule has 2 aromatic carbocycles. The van der Waals surface area contributed by atoms with Gasteiger partial charge in [0, 0.05) is 18.7 Å². The maximum absolute atomic E-state index is 9.99. The third-order valence-electron chi connectivity index (χ3n) is 4.77. The van der Waals surface area contributed by atoms with Crippen LogP contribution in [0.2, 0.25) is 0 Å². The van der Waals surface area contributed by atoms with E-state index in [1.54, 1.807) is 0 Å². The predicted molar refractivity (Wildman–Crippen MR) is 128 cm³/mol. The lowest BCUT2D eigenvalue weighted by Gasteiger charge is -2.17. The van der Waals surface area contributed by atoms with Crippen LogP contribution < -0.4 is 19.5 Å². The van der Waals surface area contributed by atoms with Crippen molar-refractivity contribution in [2.75, 3.05) is 19.8 Å². The van der Waals surface area contributed by atoms with Crippen LogP contribution in [0, 0.1) is 0 Å². The molecule has 5 heteroatoms. The zero-order chi connectivity index (χ0) is 22.8. The second-order valence-electron chi connectivity index (χ2n) is 7.92. The van der Waals surface area contributed by atoms with Gasteiger partial charge in [-0.05, 0) is 41.8 Å². The van der Waals surface area contributed by atoms with Gasteiger partial charge in [-0.25, -0.2) is 0 Å². The first-order valence-corrected chi connectivity index (χ1v) is 11.1. The molecule has 2 aliphatic carbocycles. The maximum atomic E-state index is 9.99. The fourth-order valence-electron chi connectivity index (χ4n) is 3.00. The Morgan fingerprint density at radius 2 is 1.56 bits per heavy atom. The summed E-state index contributed by atoms with van der Waals surface area (Å²) in [5.74, 6) is 1.93. The predicted octanol–water partition coefficient (Wildman–Crippen LogP) is 5.07. The molecule has 0 aromatic heterocycles. The summed E-state index contributed by atoms with van der Waals surface area (Å²) in [5.41, 5.74) is 3.96. The first-order valence-electron chi connectivity index (χ1n) is 11.1. The number of fused-ring (bicyclic) bond motifs is 1. The fourth-order valence-corrected chi connectivity index (χ4v) is 3.00. The van der Waals surface area contributed by atoms with E-state index in [1.807, 2.05) is 69.3 Å². The molecule has 1 unspecified atom stereocenters. The quantitative estimate of drug-likeness (QED) is 0.344. The summed E-state index contributed by atoms with van der Waals surface area (Å²) in [4.78, 5) is 0. The summed E-state index contributed by atoms with van der Waals surface area (Å²) in [5, 5.41) is 13.2. The average Bonchev–Trinajstić information content (AvgIpc) is 3.41. The highest BCUT2D eigenvalue weighted by atomic mass is 16.5. The van der Waals surface area contributed by atoms with E-state index in [1.165, 1.54) is 11.1 Å². The third kappa shape index (κ3) is 7.91. The second-order valence-corrected chi connectivity index (χ2v) is 7.92. The summed E-state index contributed by atoms with van der Waals surface area (Å²) in [6.07, 6.45) is -0.583. The largest absolute Gasteiger partial charge is 0.490 e. The van der Waals surface area contributed by atoms with Crippen LogP contribution in [-0.4, -0.2) is 37.0 Å². The number of nitrogens with one attached hydrogen (secondary N) is 1. The molecule has 32 heavy (non-hydrogen) atoms. The molecule has 0 heterocycles. The SMILES string of the molecule is CCOc1cc(OCc2ccccc2)ccc1OCC(O)CNC(C)C.c1cc2cc-2c1. The van der Waals surface area contributed by atoms with Gasteiger partial charge in [0.2, 0.25) is 0 Å². The lowest BCUT2D eigenvalue weighted by molar-refractivity contribution is 0.102. The van der Waals surface area contributed by atoms with Crippen molar-refractivity contribution < 1.29 is 19.3 Å². The molecule has 1 atom stereocenters. The molecule has 0 fully saturated rings. The van der Waals surface area contributed by atoms with Crippen LogP contribution in [0.5, 0.6) is 17.2 Å². The number of aliphatic hydroxyl groups excluding tert-OH is 1. The van der Waals surface area contributed by atoms with E-state index in [9.17, 15) is 5.11 Å². The number of ether oxygens (including phenoxy) is 3. The molecular formula is C27H33NO4. The average molecular weight is 436 g/mol. The smallest absolute Gasteiger partial charge is 0.164 e. The minimum Gasteiger partial charge on any atom is -0.490 e. The molecule has 0 saturated heterocycles. The maximum Gasteiger partial charge on any atom is 0.164 e. The molecule has 2 aliphatic rings. The van der Waals surface area contributed by atoms with Crippen molar-refractivity contribution in [2.24, 2.45) is 0 Å². The first kappa shape index (κ1) is 23.6. The number of aliphatic hydroxyl groups is 1. The topological polar surface area (TPSA) is 60.0 Å². The first-order chi connectivity index (χ1) is 15.5. The van der Waals surface area contributed by atoms with Gasteiger partial charge in [0.15, 0.2) is 11.5 Å². The van der Waals surface area contributed by atoms with Crippen molar-refractivity contribution in [3.8, 4) is 28.4 Å². The van der Waals surface area contributed by atoms with Crippen LogP contribution in [0.15, 0.2) is 72.8 Å². The minimum absolute atomic E-state index is 0.198. The van der Waals surface area contributed by atoms with Gasteiger partial charge >= 0.3 is 0 Å². The standard InChI is InChI=1S/C21H29NO4.C6H4/c1-4-24-21-12-19(25-14-17-8-6-5-7-9-17)10-11-20(21)26-15-18(23)13-22-16(2)3;1-2-5-4-6(5)3-1/h5-12,16,18,22-23H,4,13-15H2,1-3H3;1-4H. The molecule has 4 rings (SSSR count). The van der Waals surface area contributed by atoms with Gasteiger partial charge in [-0.15, -0.1) is 0 Å². The van der Waals surface area contributed by atoms with Crippen molar-refractivity contribution >= 4 is 0 Å². The van der Waals surface area contributed by atoms with Gasteiger partial charge in [0.25, 0.3) is 0 Å². The van der Waals surface area contributed by atoms with E-state index >= 15 is 0 Å². The Kier molecular flexibility index (Phi) is 8.96. The Morgan fingerprint density at radius 1 is 0.812 bits per heavy atom. The highest BCUT2D eigenvalue weighted by molar-refractivity contribution is 5.80. The van der Waals surface area contributed by atoms with Crippen LogP contribution >= 0.6 is 0 Å². The monoisotopic (exact) mass is 435 g/mol. The molecule has 0 bridgehead atoms. The number of hydrogen-bond donors (Lipinski definition) is 2. The molecule has 2 aromatic rings. The molecule has 0 spiro atoms. The van der Waals surface area contributed by atoms with Crippen LogP contribution in [0.4, 0.5) is 0 Å².